The van der Waals surface area contributed by atoms with Gasteiger partial charge in [0.05, 0.1) is 5.02 Å². The number of aliphatic hydroxyl groups is 1. The highest BCUT2D eigenvalue weighted by molar-refractivity contribution is 9.10. The van der Waals surface area contributed by atoms with Crippen LogP contribution in [0.4, 0.5) is 4.39 Å². The van der Waals surface area contributed by atoms with Crippen molar-refractivity contribution < 1.29 is 9.50 Å². The van der Waals surface area contributed by atoms with Gasteiger partial charge < -0.3 is 5.11 Å². The predicted molar refractivity (Wildman–Crippen MR) is 83.8 cm³/mol. The third-order valence-electron chi connectivity index (χ3n) is 3.35. The molecule has 0 heterocycles. The van der Waals surface area contributed by atoms with Gasteiger partial charge in [0.1, 0.15) is 11.9 Å². The third kappa shape index (κ3) is 2.90. The van der Waals surface area contributed by atoms with Gasteiger partial charge in [0.25, 0.3) is 0 Å². The number of rotatable bonds is 2. The summed E-state index contributed by atoms with van der Waals surface area (Å²) in [5, 5.41) is 10.9. The number of aryl methyl sites for hydroxylation is 3. The molecule has 0 aliphatic carbocycles. The maximum Gasteiger partial charge on any atom is 0.130 e. The van der Waals surface area contributed by atoms with Gasteiger partial charge in [-0.15, -0.1) is 0 Å². The summed E-state index contributed by atoms with van der Waals surface area (Å²) in [4.78, 5) is 0. The molecule has 1 nitrogen and oxygen atoms in total. The number of benzene rings is 2. The minimum absolute atomic E-state index is 0.188. The molecule has 0 aromatic heterocycles. The van der Waals surface area contributed by atoms with Crippen molar-refractivity contribution in [3.63, 3.8) is 0 Å². The smallest absolute Gasteiger partial charge is 0.130 e. The molecular formula is C16H15BrClFO. The van der Waals surface area contributed by atoms with Crippen molar-refractivity contribution in [3.05, 3.63) is 67.4 Å². The van der Waals surface area contributed by atoms with E-state index in [9.17, 15) is 9.50 Å². The number of hydrogen-bond acceptors (Lipinski definition) is 1. The molecule has 1 unspecified atom stereocenters. The molecule has 0 bridgehead atoms. The van der Waals surface area contributed by atoms with E-state index in [1.165, 1.54) is 12.1 Å². The molecule has 0 saturated carbocycles. The molecule has 2 aromatic rings. The van der Waals surface area contributed by atoms with Gasteiger partial charge >= 0.3 is 0 Å². The van der Waals surface area contributed by atoms with E-state index in [-0.39, 0.29) is 5.56 Å². The third-order valence-corrected chi connectivity index (χ3v) is 4.54. The summed E-state index contributed by atoms with van der Waals surface area (Å²) in [6, 6.07) is 6.69. The summed E-state index contributed by atoms with van der Waals surface area (Å²) in [7, 11) is 0. The van der Waals surface area contributed by atoms with E-state index in [2.05, 4.69) is 15.9 Å². The van der Waals surface area contributed by atoms with E-state index in [0.29, 0.717) is 9.50 Å². The summed E-state index contributed by atoms with van der Waals surface area (Å²) in [5.41, 5.74) is 3.91. The first kappa shape index (κ1) is 15.5. The SMILES string of the molecule is Cc1cc(C)c(C(O)c2cc(Cl)c(Br)cc2F)c(C)c1. The van der Waals surface area contributed by atoms with Crippen LogP contribution >= 0.6 is 27.5 Å². The Labute approximate surface area is 131 Å². The Morgan fingerprint density at radius 3 is 2.20 bits per heavy atom. The van der Waals surface area contributed by atoms with Crippen LogP contribution in [-0.2, 0) is 0 Å². The largest absolute Gasteiger partial charge is 0.384 e. The molecule has 0 fully saturated rings. The van der Waals surface area contributed by atoms with Crippen molar-refractivity contribution in [2.75, 3.05) is 0 Å². The molecule has 0 amide bonds. The molecule has 4 heteroatoms. The van der Waals surface area contributed by atoms with Gasteiger partial charge in [0.15, 0.2) is 0 Å². The zero-order valence-corrected chi connectivity index (χ0v) is 13.8. The Kier molecular flexibility index (Phi) is 4.52. The lowest BCUT2D eigenvalue weighted by Gasteiger charge is -2.19. The molecular weight excluding hydrogens is 343 g/mol. The maximum absolute atomic E-state index is 14.1. The summed E-state index contributed by atoms with van der Waals surface area (Å²) < 4.78 is 14.5. The Balaban J connectivity index is 2.57. The van der Waals surface area contributed by atoms with Gasteiger partial charge in [0.2, 0.25) is 0 Å². The van der Waals surface area contributed by atoms with Gasteiger partial charge in [0, 0.05) is 10.0 Å². The molecule has 0 spiro atoms. The number of halogens is 3. The van der Waals surface area contributed by atoms with Crippen LogP contribution in [0.3, 0.4) is 0 Å². The normalized spacial score (nSPS) is 12.6. The van der Waals surface area contributed by atoms with Gasteiger partial charge in [-0.3, -0.25) is 0 Å². The highest BCUT2D eigenvalue weighted by Crippen LogP contribution is 2.34. The van der Waals surface area contributed by atoms with E-state index >= 15 is 0 Å². The molecule has 0 saturated heterocycles. The Hall–Kier alpha value is -0.900. The van der Waals surface area contributed by atoms with Crippen molar-refractivity contribution in [2.45, 2.75) is 26.9 Å². The average molecular weight is 358 g/mol. The Morgan fingerprint density at radius 1 is 1.10 bits per heavy atom. The number of hydrogen-bond donors (Lipinski definition) is 1. The molecule has 20 heavy (non-hydrogen) atoms. The molecule has 2 rings (SSSR count). The second-order valence-electron chi connectivity index (χ2n) is 5.00. The second kappa shape index (κ2) is 5.84. The molecule has 2 aromatic carbocycles. The van der Waals surface area contributed by atoms with Crippen LogP contribution in [0, 0.1) is 26.6 Å². The fourth-order valence-electron chi connectivity index (χ4n) is 2.53. The van der Waals surface area contributed by atoms with Crippen LogP contribution in [0.1, 0.15) is 33.9 Å². The Morgan fingerprint density at radius 2 is 1.65 bits per heavy atom. The lowest BCUT2D eigenvalue weighted by Crippen LogP contribution is -2.07. The van der Waals surface area contributed by atoms with Crippen molar-refractivity contribution in [1.29, 1.82) is 0 Å². The van der Waals surface area contributed by atoms with Crippen molar-refractivity contribution in [3.8, 4) is 0 Å². The van der Waals surface area contributed by atoms with Crippen molar-refractivity contribution in [2.24, 2.45) is 0 Å². The first-order valence-corrected chi connectivity index (χ1v) is 7.38. The van der Waals surface area contributed by atoms with E-state index in [0.717, 1.165) is 22.3 Å². The quantitative estimate of drug-likeness (QED) is 0.728. The fourth-order valence-corrected chi connectivity index (χ4v) is 3.01. The minimum Gasteiger partial charge on any atom is -0.384 e. The lowest BCUT2D eigenvalue weighted by atomic mass is 9.92. The zero-order chi connectivity index (χ0) is 15.0. The van der Waals surface area contributed by atoms with Crippen molar-refractivity contribution >= 4 is 27.5 Å². The molecule has 0 aliphatic rings. The standard InChI is InChI=1S/C16H15BrClFO/c1-8-4-9(2)15(10(3)5-8)16(20)11-6-13(18)12(17)7-14(11)19/h4-7,16,20H,1-3H3. The van der Waals surface area contributed by atoms with E-state index < -0.39 is 11.9 Å². The zero-order valence-electron chi connectivity index (χ0n) is 11.5. The monoisotopic (exact) mass is 356 g/mol. The molecule has 1 atom stereocenters. The second-order valence-corrected chi connectivity index (χ2v) is 6.26. The molecule has 106 valence electrons. The fraction of sp³-hybridized carbons (Fsp3) is 0.250. The van der Waals surface area contributed by atoms with E-state index in [1.54, 1.807) is 0 Å². The predicted octanol–water partition coefficient (Wildman–Crippen LogP) is 5.25. The van der Waals surface area contributed by atoms with Crippen LogP contribution in [0.2, 0.25) is 5.02 Å². The van der Waals surface area contributed by atoms with Crippen LogP contribution in [0.5, 0.6) is 0 Å². The topological polar surface area (TPSA) is 20.2 Å². The minimum atomic E-state index is -1.03. The summed E-state index contributed by atoms with van der Waals surface area (Å²) >= 11 is 9.17. The Bertz CT molecular complexity index is 647. The van der Waals surface area contributed by atoms with Crippen LogP contribution in [-0.4, -0.2) is 5.11 Å². The summed E-state index contributed by atoms with van der Waals surface area (Å²) in [6.07, 6.45) is -1.03. The molecule has 1 N–H and O–H groups in total. The average Bonchev–Trinajstić information content (AvgIpc) is 2.32. The molecule has 0 radical (unpaired) electrons. The number of aliphatic hydroxyl groups excluding tert-OH is 1. The van der Waals surface area contributed by atoms with Gasteiger partial charge in [-0.2, -0.15) is 0 Å². The highest BCUT2D eigenvalue weighted by atomic mass is 79.9. The van der Waals surface area contributed by atoms with Crippen LogP contribution < -0.4 is 0 Å². The first-order valence-electron chi connectivity index (χ1n) is 6.21. The first-order chi connectivity index (χ1) is 9.31. The summed E-state index contributed by atoms with van der Waals surface area (Å²) in [6.45, 7) is 5.82. The maximum atomic E-state index is 14.1. The van der Waals surface area contributed by atoms with Gasteiger partial charge in [-0.05, 0) is 65.5 Å². The lowest BCUT2D eigenvalue weighted by molar-refractivity contribution is 0.213. The van der Waals surface area contributed by atoms with Gasteiger partial charge in [-0.1, -0.05) is 29.3 Å². The summed E-state index contributed by atoms with van der Waals surface area (Å²) in [5.74, 6) is -0.479. The van der Waals surface area contributed by atoms with Crippen molar-refractivity contribution in [1.82, 2.24) is 0 Å². The van der Waals surface area contributed by atoms with E-state index in [4.69, 9.17) is 11.6 Å². The van der Waals surface area contributed by atoms with E-state index in [1.807, 2.05) is 32.9 Å². The van der Waals surface area contributed by atoms with Gasteiger partial charge in [-0.25, -0.2) is 4.39 Å². The molecule has 0 aliphatic heterocycles. The van der Waals surface area contributed by atoms with Crippen LogP contribution in [0.15, 0.2) is 28.7 Å². The van der Waals surface area contributed by atoms with Crippen LogP contribution in [0.25, 0.3) is 0 Å². The highest BCUT2D eigenvalue weighted by Gasteiger charge is 2.20.